The molecule has 0 aliphatic rings. The van der Waals surface area contributed by atoms with Crippen molar-refractivity contribution >= 4 is 34.2 Å². The third-order valence-electron chi connectivity index (χ3n) is 3.09. The average Bonchev–Trinajstić information content (AvgIpc) is 2.38. The minimum Gasteiger partial charge on any atom is -0.322 e. The number of carbonyl (C=O) groups is 1. The summed E-state index contributed by atoms with van der Waals surface area (Å²) in [6, 6.07) is 15.5. The highest BCUT2D eigenvalue weighted by molar-refractivity contribution is 14.1. The zero-order valence-corrected chi connectivity index (χ0v) is 14.1. The van der Waals surface area contributed by atoms with Crippen LogP contribution < -0.4 is 5.32 Å². The molecule has 2 rings (SSSR count). The van der Waals surface area contributed by atoms with Crippen molar-refractivity contribution in [2.24, 2.45) is 0 Å². The zero-order chi connectivity index (χ0) is 14.8. The highest BCUT2D eigenvalue weighted by Gasteiger charge is 2.18. The van der Waals surface area contributed by atoms with Crippen molar-refractivity contribution in [2.75, 3.05) is 5.32 Å². The number of anilines is 1. The quantitative estimate of drug-likeness (QED) is 0.744. The maximum absolute atomic E-state index is 12.3. The topological polar surface area (TPSA) is 29.1 Å². The van der Waals surface area contributed by atoms with Crippen molar-refractivity contribution in [3.8, 4) is 0 Å². The first-order valence-electron chi connectivity index (χ1n) is 6.54. The van der Waals surface area contributed by atoms with Crippen LogP contribution in [0.5, 0.6) is 0 Å². The summed E-state index contributed by atoms with van der Waals surface area (Å²) in [7, 11) is 0. The van der Waals surface area contributed by atoms with Crippen LogP contribution in [-0.2, 0) is 5.41 Å². The van der Waals surface area contributed by atoms with Crippen molar-refractivity contribution < 1.29 is 4.79 Å². The minimum absolute atomic E-state index is 0.00403. The Bertz CT molecular complexity index is 612. The molecular formula is C17H18INO. The molecule has 0 saturated heterocycles. The van der Waals surface area contributed by atoms with Gasteiger partial charge < -0.3 is 5.32 Å². The lowest BCUT2D eigenvalue weighted by molar-refractivity contribution is 0.102. The van der Waals surface area contributed by atoms with E-state index in [9.17, 15) is 4.79 Å². The zero-order valence-electron chi connectivity index (χ0n) is 11.9. The number of halogens is 1. The van der Waals surface area contributed by atoms with E-state index in [1.165, 1.54) is 0 Å². The molecule has 0 spiro atoms. The van der Waals surface area contributed by atoms with E-state index in [-0.39, 0.29) is 11.3 Å². The van der Waals surface area contributed by atoms with Crippen molar-refractivity contribution in [3.05, 3.63) is 63.2 Å². The first-order valence-corrected chi connectivity index (χ1v) is 7.62. The Labute approximate surface area is 133 Å². The number of carbonyl (C=O) groups excluding carboxylic acids is 1. The Morgan fingerprint density at radius 2 is 1.60 bits per heavy atom. The number of hydrogen-bond acceptors (Lipinski definition) is 1. The largest absolute Gasteiger partial charge is 0.322 e. The number of nitrogens with one attached hydrogen (secondary N) is 1. The van der Waals surface area contributed by atoms with Gasteiger partial charge >= 0.3 is 0 Å². The highest BCUT2D eigenvalue weighted by Crippen LogP contribution is 2.29. The normalized spacial score (nSPS) is 11.2. The molecule has 0 bridgehead atoms. The molecular weight excluding hydrogens is 361 g/mol. The fourth-order valence-corrected chi connectivity index (χ4v) is 2.40. The van der Waals surface area contributed by atoms with Crippen LogP contribution >= 0.6 is 22.6 Å². The molecule has 0 aliphatic carbocycles. The molecule has 0 aromatic heterocycles. The van der Waals surface area contributed by atoms with Crippen molar-refractivity contribution in [1.29, 1.82) is 0 Å². The Kier molecular flexibility index (Phi) is 4.48. The maximum Gasteiger partial charge on any atom is 0.255 e. The molecule has 1 amide bonds. The summed E-state index contributed by atoms with van der Waals surface area (Å²) in [6.45, 7) is 6.43. The van der Waals surface area contributed by atoms with E-state index in [4.69, 9.17) is 0 Å². The predicted molar refractivity (Wildman–Crippen MR) is 92.3 cm³/mol. The van der Waals surface area contributed by atoms with E-state index in [1.807, 2.05) is 42.5 Å². The van der Waals surface area contributed by atoms with Crippen LogP contribution in [0.4, 0.5) is 5.69 Å². The molecule has 104 valence electrons. The lowest BCUT2D eigenvalue weighted by atomic mass is 9.86. The Balaban J connectivity index is 2.26. The smallest absolute Gasteiger partial charge is 0.255 e. The highest BCUT2D eigenvalue weighted by atomic mass is 127. The Morgan fingerprint density at radius 3 is 2.20 bits per heavy atom. The summed E-state index contributed by atoms with van der Waals surface area (Å²) in [6.07, 6.45) is 0. The lowest BCUT2D eigenvalue weighted by Crippen LogP contribution is -2.18. The molecule has 2 aromatic rings. The van der Waals surface area contributed by atoms with Crippen molar-refractivity contribution in [1.82, 2.24) is 0 Å². The first kappa shape index (κ1) is 15.0. The number of benzene rings is 2. The van der Waals surface area contributed by atoms with E-state index in [1.54, 1.807) is 0 Å². The molecule has 0 aliphatic heterocycles. The van der Waals surface area contributed by atoms with Crippen LogP contribution in [0.2, 0.25) is 0 Å². The fourth-order valence-electron chi connectivity index (χ4n) is 2.04. The number of para-hydroxylation sites is 1. The second-order valence-electron chi connectivity index (χ2n) is 5.76. The predicted octanol–water partition coefficient (Wildman–Crippen LogP) is 4.84. The lowest BCUT2D eigenvalue weighted by Gasteiger charge is -2.23. The molecule has 1 N–H and O–H groups in total. The molecule has 20 heavy (non-hydrogen) atoms. The standard InChI is InChI=1S/C17H18INO/c1-17(2,3)14-6-4-5-7-15(14)19-16(20)12-8-10-13(18)11-9-12/h4-11H,1-3H3,(H,19,20). The van der Waals surface area contributed by atoms with Gasteiger partial charge in [0.05, 0.1) is 0 Å². The van der Waals surface area contributed by atoms with E-state index in [0.29, 0.717) is 5.56 Å². The summed E-state index contributed by atoms with van der Waals surface area (Å²) in [5.41, 5.74) is 2.69. The van der Waals surface area contributed by atoms with Crippen molar-refractivity contribution in [3.63, 3.8) is 0 Å². The van der Waals surface area contributed by atoms with Gasteiger partial charge in [-0.3, -0.25) is 4.79 Å². The van der Waals surface area contributed by atoms with E-state index in [2.05, 4.69) is 54.7 Å². The summed E-state index contributed by atoms with van der Waals surface area (Å²) in [5.74, 6) is -0.0712. The maximum atomic E-state index is 12.3. The third-order valence-corrected chi connectivity index (χ3v) is 3.81. The van der Waals surface area contributed by atoms with Gasteiger partial charge in [-0.2, -0.15) is 0 Å². The van der Waals surface area contributed by atoms with Crippen LogP contribution in [0.1, 0.15) is 36.7 Å². The number of rotatable bonds is 2. The molecule has 0 saturated carbocycles. The number of amides is 1. The van der Waals surface area contributed by atoms with Gasteiger partial charge in [0.1, 0.15) is 0 Å². The van der Waals surface area contributed by atoms with Gasteiger partial charge in [-0.1, -0.05) is 39.0 Å². The fraction of sp³-hybridized carbons (Fsp3) is 0.235. The Morgan fingerprint density at radius 1 is 1.00 bits per heavy atom. The third kappa shape index (κ3) is 3.60. The summed E-state index contributed by atoms with van der Waals surface area (Å²) in [4.78, 5) is 12.3. The van der Waals surface area contributed by atoms with E-state index in [0.717, 1.165) is 14.8 Å². The van der Waals surface area contributed by atoms with E-state index < -0.39 is 0 Å². The van der Waals surface area contributed by atoms with Gasteiger partial charge in [-0.05, 0) is 63.9 Å². The Hall–Kier alpha value is -1.36. The van der Waals surface area contributed by atoms with Gasteiger partial charge in [-0.15, -0.1) is 0 Å². The van der Waals surface area contributed by atoms with Crippen LogP contribution in [0.3, 0.4) is 0 Å². The van der Waals surface area contributed by atoms with Gasteiger partial charge in [-0.25, -0.2) is 0 Å². The summed E-state index contributed by atoms with van der Waals surface area (Å²) >= 11 is 2.23. The minimum atomic E-state index is -0.0712. The molecule has 0 unspecified atom stereocenters. The van der Waals surface area contributed by atoms with Crippen LogP contribution in [0.25, 0.3) is 0 Å². The molecule has 2 aromatic carbocycles. The van der Waals surface area contributed by atoms with Gasteiger partial charge in [0, 0.05) is 14.8 Å². The van der Waals surface area contributed by atoms with Crippen LogP contribution in [-0.4, -0.2) is 5.91 Å². The number of hydrogen-bond donors (Lipinski definition) is 1. The second kappa shape index (κ2) is 5.95. The van der Waals surface area contributed by atoms with Gasteiger partial charge in [0.25, 0.3) is 5.91 Å². The molecule has 0 heterocycles. The van der Waals surface area contributed by atoms with Crippen molar-refractivity contribution in [2.45, 2.75) is 26.2 Å². The average molecular weight is 379 g/mol. The monoisotopic (exact) mass is 379 g/mol. The second-order valence-corrected chi connectivity index (χ2v) is 7.00. The summed E-state index contributed by atoms with van der Waals surface area (Å²) < 4.78 is 1.12. The van der Waals surface area contributed by atoms with Gasteiger partial charge in [0.2, 0.25) is 0 Å². The van der Waals surface area contributed by atoms with Crippen LogP contribution in [0.15, 0.2) is 48.5 Å². The SMILES string of the molecule is CC(C)(C)c1ccccc1NC(=O)c1ccc(I)cc1. The van der Waals surface area contributed by atoms with Crippen LogP contribution in [0, 0.1) is 3.57 Å². The first-order chi connectivity index (χ1) is 9.38. The molecule has 3 heteroatoms. The van der Waals surface area contributed by atoms with E-state index >= 15 is 0 Å². The molecule has 0 radical (unpaired) electrons. The molecule has 2 nitrogen and oxygen atoms in total. The molecule has 0 fully saturated rings. The summed E-state index contributed by atoms with van der Waals surface area (Å²) in [5, 5.41) is 3.01. The molecule has 0 atom stereocenters. The van der Waals surface area contributed by atoms with Gasteiger partial charge in [0.15, 0.2) is 0 Å².